The van der Waals surface area contributed by atoms with Crippen LogP contribution in [0.15, 0.2) is 103 Å². The molecule has 0 aliphatic carbocycles. The van der Waals surface area contributed by atoms with Crippen molar-refractivity contribution in [2.75, 3.05) is 0 Å². The van der Waals surface area contributed by atoms with Crippen molar-refractivity contribution in [2.24, 2.45) is 0 Å². The first-order valence-corrected chi connectivity index (χ1v) is 10.3. The third-order valence-electron chi connectivity index (χ3n) is 5.32. The third-order valence-corrected chi connectivity index (χ3v) is 5.32. The number of benzene rings is 4. The van der Waals surface area contributed by atoms with E-state index in [9.17, 15) is 4.39 Å². The Morgan fingerprint density at radius 1 is 0.833 bits per heavy atom. The van der Waals surface area contributed by atoms with Crippen molar-refractivity contribution in [3.8, 4) is 11.1 Å². The quantitative estimate of drug-likeness (QED) is 0.292. The number of rotatable bonds is 6. The molecule has 1 atom stereocenters. The lowest BCUT2D eigenvalue weighted by atomic mass is 9.93. The predicted molar refractivity (Wildman–Crippen MR) is 125 cm³/mol. The molecule has 0 saturated heterocycles. The Morgan fingerprint density at radius 2 is 1.53 bits per heavy atom. The second-order valence-electron chi connectivity index (χ2n) is 7.61. The standard InChI is InChI=1S/C29H24F/c1-22(19-23-9-4-2-5-10-23)25-15-17-27(18-16-25)29(30)21-24-11-8-14-28(20-24)26-12-6-3-7-13-26/h2-15,17-18,20-22H,19H2,1H3/b29-21-. The Labute approximate surface area is 178 Å². The summed E-state index contributed by atoms with van der Waals surface area (Å²) in [7, 11) is 0. The smallest absolute Gasteiger partial charge is 0.131 e. The molecule has 1 unspecified atom stereocenters. The van der Waals surface area contributed by atoms with E-state index in [4.69, 9.17) is 0 Å². The van der Waals surface area contributed by atoms with Crippen LogP contribution in [-0.4, -0.2) is 0 Å². The summed E-state index contributed by atoms with van der Waals surface area (Å²) >= 11 is 0. The molecule has 1 heteroatoms. The molecule has 4 aromatic rings. The minimum Gasteiger partial charge on any atom is -0.206 e. The summed E-state index contributed by atoms with van der Waals surface area (Å²) in [5.41, 5.74) is 5.99. The highest BCUT2D eigenvalue weighted by Gasteiger charge is 2.09. The van der Waals surface area contributed by atoms with Crippen molar-refractivity contribution in [3.05, 3.63) is 131 Å². The van der Waals surface area contributed by atoms with Crippen LogP contribution in [-0.2, 0) is 6.42 Å². The van der Waals surface area contributed by atoms with Crippen molar-refractivity contribution < 1.29 is 4.39 Å². The van der Waals surface area contributed by atoms with Gasteiger partial charge in [-0.05, 0) is 64.4 Å². The number of hydrogen-bond acceptors (Lipinski definition) is 0. The summed E-state index contributed by atoms with van der Waals surface area (Å²) in [6.07, 6.45) is 2.53. The normalized spacial score (nSPS) is 12.5. The maximum Gasteiger partial charge on any atom is 0.131 e. The second-order valence-corrected chi connectivity index (χ2v) is 7.61. The van der Waals surface area contributed by atoms with E-state index in [1.807, 2.05) is 60.7 Å². The zero-order chi connectivity index (χ0) is 20.8. The van der Waals surface area contributed by atoms with Crippen LogP contribution in [0.5, 0.6) is 0 Å². The Balaban J connectivity index is 1.50. The summed E-state index contributed by atoms with van der Waals surface area (Å²) < 4.78 is 14.9. The molecule has 0 N–H and O–H groups in total. The van der Waals surface area contributed by atoms with Crippen LogP contribution < -0.4 is 0 Å². The summed E-state index contributed by atoms with van der Waals surface area (Å²) in [6.45, 7) is 2.18. The molecule has 0 aliphatic heterocycles. The van der Waals surface area contributed by atoms with Crippen LogP contribution in [0.4, 0.5) is 4.39 Å². The molecule has 4 aromatic carbocycles. The topological polar surface area (TPSA) is 0 Å². The Hall–Kier alpha value is -3.45. The first-order chi connectivity index (χ1) is 14.7. The molecule has 4 rings (SSSR count). The summed E-state index contributed by atoms with van der Waals surface area (Å²) in [5.74, 6) is 0.0785. The van der Waals surface area contributed by atoms with Gasteiger partial charge in [-0.1, -0.05) is 97.9 Å². The molecule has 147 valence electrons. The molecule has 0 amide bonds. The maximum absolute atomic E-state index is 14.9. The van der Waals surface area contributed by atoms with E-state index in [-0.39, 0.29) is 5.83 Å². The predicted octanol–water partition coefficient (Wildman–Crippen LogP) is 7.97. The van der Waals surface area contributed by atoms with Gasteiger partial charge in [-0.3, -0.25) is 0 Å². The molecular weight excluding hydrogens is 367 g/mol. The van der Waals surface area contributed by atoms with Gasteiger partial charge in [-0.2, -0.15) is 0 Å². The largest absolute Gasteiger partial charge is 0.206 e. The van der Waals surface area contributed by atoms with Crippen molar-refractivity contribution in [1.82, 2.24) is 0 Å². The van der Waals surface area contributed by atoms with Crippen LogP contribution in [0.1, 0.15) is 35.1 Å². The van der Waals surface area contributed by atoms with E-state index >= 15 is 0 Å². The summed E-state index contributed by atoms with van der Waals surface area (Å²) in [5, 5.41) is 0. The second kappa shape index (κ2) is 9.37. The average molecular weight is 392 g/mol. The fourth-order valence-corrected chi connectivity index (χ4v) is 3.64. The average Bonchev–Trinajstić information content (AvgIpc) is 2.80. The Kier molecular flexibility index (Phi) is 6.20. The van der Waals surface area contributed by atoms with Crippen molar-refractivity contribution in [1.29, 1.82) is 0 Å². The van der Waals surface area contributed by atoms with Crippen LogP contribution >= 0.6 is 0 Å². The van der Waals surface area contributed by atoms with Crippen molar-refractivity contribution >= 4 is 11.9 Å². The first kappa shape index (κ1) is 19.8. The molecule has 0 spiro atoms. The number of halogens is 1. The third kappa shape index (κ3) is 4.93. The monoisotopic (exact) mass is 391 g/mol. The van der Waals surface area contributed by atoms with Gasteiger partial charge in [0.05, 0.1) is 0 Å². The summed E-state index contributed by atoms with van der Waals surface area (Å²) in [4.78, 5) is 0. The Morgan fingerprint density at radius 3 is 2.23 bits per heavy atom. The van der Waals surface area contributed by atoms with E-state index in [0.717, 1.165) is 28.7 Å². The number of hydrogen-bond donors (Lipinski definition) is 0. The van der Waals surface area contributed by atoms with E-state index < -0.39 is 0 Å². The zero-order valence-corrected chi connectivity index (χ0v) is 17.1. The van der Waals surface area contributed by atoms with Crippen LogP contribution in [0, 0.1) is 6.07 Å². The van der Waals surface area contributed by atoms with Gasteiger partial charge < -0.3 is 0 Å². The van der Waals surface area contributed by atoms with Gasteiger partial charge in [0.25, 0.3) is 0 Å². The lowest BCUT2D eigenvalue weighted by Crippen LogP contribution is -1.98. The maximum atomic E-state index is 14.9. The summed E-state index contributed by atoms with van der Waals surface area (Å²) in [6, 6.07) is 37.3. The van der Waals surface area contributed by atoms with E-state index in [1.54, 1.807) is 12.1 Å². The van der Waals surface area contributed by atoms with Gasteiger partial charge >= 0.3 is 0 Å². The fraction of sp³-hybridized carbons (Fsp3) is 0.103. The molecule has 0 aliphatic rings. The molecule has 0 bridgehead atoms. The van der Waals surface area contributed by atoms with Crippen molar-refractivity contribution in [3.63, 3.8) is 0 Å². The first-order valence-electron chi connectivity index (χ1n) is 10.3. The van der Waals surface area contributed by atoms with Gasteiger partial charge in [0.1, 0.15) is 5.83 Å². The minimum atomic E-state index is -0.251. The molecule has 0 saturated carbocycles. The fourth-order valence-electron chi connectivity index (χ4n) is 3.64. The molecular formula is C29H24F. The van der Waals surface area contributed by atoms with Gasteiger partial charge in [0.15, 0.2) is 0 Å². The lowest BCUT2D eigenvalue weighted by Gasteiger charge is -2.12. The lowest BCUT2D eigenvalue weighted by molar-refractivity contribution is 0.752. The molecule has 1 radical (unpaired) electrons. The van der Waals surface area contributed by atoms with Gasteiger partial charge in [-0.25, -0.2) is 4.39 Å². The van der Waals surface area contributed by atoms with Gasteiger partial charge in [-0.15, -0.1) is 0 Å². The van der Waals surface area contributed by atoms with E-state index in [1.165, 1.54) is 5.56 Å². The zero-order valence-electron chi connectivity index (χ0n) is 17.1. The Bertz CT molecular complexity index is 1110. The molecule has 30 heavy (non-hydrogen) atoms. The van der Waals surface area contributed by atoms with Crippen LogP contribution in [0.25, 0.3) is 23.0 Å². The van der Waals surface area contributed by atoms with Crippen molar-refractivity contribution in [2.45, 2.75) is 19.3 Å². The van der Waals surface area contributed by atoms with Gasteiger partial charge in [0, 0.05) is 5.56 Å². The van der Waals surface area contributed by atoms with E-state index in [2.05, 4.69) is 49.4 Å². The van der Waals surface area contributed by atoms with Crippen LogP contribution in [0.3, 0.4) is 0 Å². The molecule has 0 nitrogen and oxygen atoms in total. The SMILES string of the molecule is CC(Cc1ccccc1)c1[c]cc(/C(F)=C/c2cccc(-c3ccccc3)c2)cc1. The molecule has 0 aromatic heterocycles. The molecule has 0 heterocycles. The highest BCUT2D eigenvalue weighted by molar-refractivity contribution is 5.78. The highest BCUT2D eigenvalue weighted by Crippen LogP contribution is 2.26. The van der Waals surface area contributed by atoms with E-state index in [0.29, 0.717) is 11.5 Å². The minimum absolute atomic E-state index is 0.251. The van der Waals surface area contributed by atoms with Gasteiger partial charge in [0.2, 0.25) is 0 Å². The molecule has 0 fully saturated rings. The highest BCUT2D eigenvalue weighted by atomic mass is 19.1. The van der Waals surface area contributed by atoms with Crippen LogP contribution in [0.2, 0.25) is 0 Å².